The summed E-state index contributed by atoms with van der Waals surface area (Å²) < 4.78 is 5.26. The van der Waals surface area contributed by atoms with E-state index in [1.807, 2.05) is 0 Å². The highest BCUT2D eigenvalue weighted by atomic mass is 35.5. The number of hydrogen-bond acceptors (Lipinski definition) is 6. The van der Waals surface area contributed by atoms with E-state index < -0.39 is 11.8 Å². The predicted molar refractivity (Wildman–Crippen MR) is 109 cm³/mol. The fraction of sp³-hybridized carbons (Fsp3) is 0.0556. The third-order valence-corrected chi connectivity index (χ3v) is 5.13. The minimum absolute atomic E-state index is 0.00372. The fourth-order valence-corrected chi connectivity index (χ4v) is 3.67. The second kappa shape index (κ2) is 7.99. The van der Waals surface area contributed by atoms with E-state index in [0.717, 1.165) is 16.8 Å². The molecule has 1 heterocycles. The van der Waals surface area contributed by atoms with Crippen molar-refractivity contribution in [3.8, 4) is 11.5 Å². The Balaban J connectivity index is 1.79. The summed E-state index contributed by atoms with van der Waals surface area (Å²) in [5, 5.41) is 11.1. The van der Waals surface area contributed by atoms with Crippen LogP contribution in [0.5, 0.6) is 11.5 Å². The third kappa shape index (κ3) is 4.24. The quantitative estimate of drug-likeness (QED) is 0.581. The number of amides is 2. The summed E-state index contributed by atoms with van der Waals surface area (Å²) in [5.41, 5.74) is 3.44. The fourth-order valence-electron chi connectivity index (χ4n) is 2.30. The number of carbonyl (C=O) groups is 2. The zero-order chi connectivity index (χ0) is 19.6. The van der Waals surface area contributed by atoms with E-state index in [-0.39, 0.29) is 15.8 Å². The van der Waals surface area contributed by atoms with E-state index in [9.17, 15) is 14.7 Å². The molecule has 1 fully saturated rings. The van der Waals surface area contributed by atoms with Crippen LogP contribution in [0.2, 0.25) is 5.02 Å². The lowest BCUT2D eigenvalue weighted by atomic mass is 10.2. The van der Waals surface area contributed by atoms with Crippen LogP contribution in [0.15, 0.2) is 47.4 Å². The van der Waals surface area contributed by atoms with Crippen molar-refractivity contribution in [2.24, 2.45) is 0 Å². The minimum Gasteiger partial charge on any atom is -0.504 e. The van der Waals surface area contributed by atoms with Crippen molar-refractivity contribution in [1.29, 1.82) is 0 Å². The van der Waals surface area contributed by atoms with Gasteiger partial charge in [0.1, 0.15) is 0 Å². The van der Waals surface area contributed by atoms with E-state index in [2.05, 4.69) is 5.43 Å². The van der Waals surface area contributed by atoms with Gasteiger partial charge >= 0.3 is 0 Å². The van der Waals surface area contributed by atoms with Gasteiger partial charge in [0.2, 0.25) is 0 Å². The molecule has 0 atom stereocenters. The number of ether oxygens (including phenoxy) is 1. The average molecular weight is 421 g/mol. The van der Waals surface area contributed by atoms with Gasteiger partial charge in [-0.25, -0.2) is 0 Å². The number of benzene rings is 2. The summed E-state index contributed by atoms with van der Waals surface area (Å²) in [6.07, 6.45) is 1.60. The lowest BCUT2D eigenvalue weighted by Gasteiger charge is -2.15. The maximum absolute atomic E-state index is 12.6. The van der Waals surface area contributed by atoms with E-state index in [1.165, 1.54) is 19.2 Å². The first-order chi connectivity index (χ1) is 12.9. The molecule has 2 amide bonds. The second-order valence-corrected chi connectivity index (χ2v) is 7.51. The van der Waals surface area contributed by atoms with Crippen molar-refractivity contribution in [2.45, 2.75) is 0 Å². The maximum Gasteiger partial charge on any atom is 0.285 e. The smallest absolute Gasteiger partial charge is 0.285 e. The Morgan fingerprint density at radius 1 is 1.33 bits per heavy atom. The molecule has 0 bridgehead atoms. The van der Waals surface area contributed by atoms with Crippen LogP contribution in [-0.4, -0.2) is 33.4 Å². The minimum atomic E-state index is -0.499. The van der Waals surface area contributed by atoms with Crippen molar-refractivity contribution in [2.75, 3.05) is 7.11 Å². The highest BCUT2D eigenvalue weighted by molar-refractivity contribution is 8.26. The molecular formula is C18H13ClN2O4S2. The average Bonchev–Trinajstić information content (AvgIpc) is 2.90. The predicted octanol–water partition coefficient (Wildman–Crippen LogP) is 3.60. The zero-order valence-corrected chi connectivity index (χ0v) is 16.3. The Hall–Kier alpha value is -2.55. The van der Waals surface area contributed by atoms with E-state index in [0.29, 0.717) is 21.1 Å². The number of nitrogens with zero attached hydrogens (tertiary/aromatic N) is 1. The number of hydrazine groups is 1. The standard InChI is InChI=1S/C18H13ClN2O4S2/c1-25-14-7-10(5-6-13(14)22)8-15-17(24)21(18(26)27-15)20-16(23)11-3-2-4-12(19)9-11/h2-9,22H,1H3,(H,20,23)/b15-8-. The molecule has 9 heteroatoms. The van der Waals surface area contributed by atoms with Crippen LogP contribution in [0.25, 0.3) is 6.08 Å². The van der Waals surface area contributed by atoms with Gasteiger partial charge in [-0.3, -0.25) is 15.0 Å². The Morgan fingerprint density at radius 3 is 2.81 bits per heavy atom. The molecule has 138 valence electrons. The molecule has 0 spiro atoms. The molecule has 27 heavy (non-hydrogen) atoms. The number of carbonyl (C=O) groups excluding carboxylic acids is 2. The van der Waals surface area contributed by atoms with Gasteiger partial charge in [0.15, 0.2) is 15.8 Å². The van der Waals surface area contributed by atoms with Gasteiger partial charge in [0, 0.05) is 10.6 Å². The molecule has 3 rings (SSSR count). The normalized spacial score (nSPS) is 15.3. The largest absolute Gasteiger partial charge is 0.504 e. The van der Waals surface area contributed by atoms with Crippen molar-refractivity contribution >= 4 is 57.8 Å². The molecule has 2 aromatic carbocycles. The molecule has 1 aliphatic heterocycles. The molecule has 2 aromatic rings. The summed E-state index contributed by atoms with van der Waals surface area (Å²) >= 11 is 12.1. The van der Waals surface area contributed by atoms with Crippen LogP contribution < -0.4 is 10.2 Å². The summed E-state index contributed by atoms with van der Waals surface area (Å²) in [5.74, 6) is -0.668. The first-order valence-electron chi connectivity index (χ1n) is 7.60. The zero-order valence-electron chi connectivity index (χ0n) is 13.9. The summed E-state index contributed by atoms with van der Waals surface area (Å²) in [7, 11) is 1.43. The molecule has 0 aliphatic carbocycles. The molecule has 0 aromatic heterocycles. The van der Waals surface area contributed by atoms with Gasteiger partial charge in [-0.05, 0) is 54.2 Å². The SMILES string of the molecule is COc1cc(/C=C2\SC(=S)N(NC(=O)c3cccc(Cl)c3)C2=O)ccc1O. The van der Waals surface area contributed by atoms with Crippen LogP contribution in [-0.2, 0) is 4.79 Å². The lowest BCUT2D eigenvalue weighted by Crippen LogP contribution is -2.44. The first kappa shape index (κ1) is 19.2. The number of hydrogen-bond donors (Lipinski definition) is 2. The number of phenolic OH excluding ortho intramolecular Hbond substituents is 1. The Labute approximate surface area is 169 Å². The third-order valence-electron chi connectivity index (χ3n) is 3.60. The number of methoxy groups -OCH3 is 1. The second-order valence-electron chi connectivity index (χ2n) is 5.40. The maximum atomic E-state index is 12.6. The van der Waals surface area contributed by atoms with E-state index in [4.69, 9.17) is 28.6 Å². The summed E-state index contributed by atoms with van der Waals surface area (Å²) in [4.78, 5) is 25.3. The molecule has 0 radical (unpaired) electrons. The number of rotatable bonds is 4. The molecule has 6 nitrogen and oxygen atoms in total. The van der Waals surface area contributed by atoms with Crippen molar-refractivity contribution in [3.63, 3.8) is 0 Å². The Morgan fingerprint density at radius 2 is 2.11 bits per heavy atom. The molecule has 2 N–H and O–H groups in total. The summed E-state index contributed by atoms with van der Waals surface area (Å²) in [6, 6.07) is 11.0. The Kier molecular flexibility index (Phi) is 5.69. The van der Waals surface area contributed by atoms with Crippen LogP contribution in [0, 0.1) is 0 Å². The van der Waals surface area contributed by atoms with Gasteiger partial charge in [0.05, 0.1) is 12.0 Å². The van der Waals surface area contributed by atoms with Gasteiger partial charge < -0.3 is 9.84 Å². The lowest BCUT2D eigenvalue weighted by molar-refractivity contribution is -0.123. The van der Waals surface area contributed by atoms with Gasteiger partial charge in [0.25, 0.3) is 11.8 Å². The van der Waals surface area contributed by atoms with Crippen LogP contribution in [0.4, 0.5) is 0 Å². The molecule has 0 unspecified atom stereocenters. The highest BCUT2D eigenvalue weighted by Gasteiger charge is 2.33. The van der Waals surface area contributed by atoms with Crippen molar-refractivity contribution in [3.05, 3.63) is 63.5 Å². The molecule has 1 saturated heterocycles. The molecule has 1 aliphatic rings. The van der Waals surface area contributed by atoms with Gasteiger partial charge in [-0.15, -0.1) is 0 Å². The highest BCUT2D eigenvalue weighted by Crippen LogP contribution is 2.33. The first-order valence-corrected chi connectivity index (χ1v) is 9.21. The topological polar surface area (TPSA) is 78.9 Å². The van der Waals surface area contributed by atoms with E-state index in [1.54, 1.807) is 36.4 Å². The van der Waals surface area contributed by atoms with Crippen LogP contribution >= 0.6 is 35.6 Å². The van der Waals surface area contributed by atoms with Crippen LogP contribution in [0.1, 0.15) is 15.9 Å². The van der Waals surface area contributed by atoms with Crippen molar-refractivity contribution in [1.82, 2.24) is 10.4 Å². The number of nitrogens with one attached hydrogen (secondary N) is 1. The number of thioether (sulfide) groups is 1. The van der Waals surface area contributed by atoms with Gasteiger partial charge in [-0.2, -0.15) is 5.01 Å². The summed E-state index contributed by atoms with van der Waals surface area (Å²) in [6.45, 7) is 0. The molecule has 0 saturated carbocycles. The number of thiocarbonyl (C=S) groups is 1. The van der Waals surface area contributed by atoms with Crippen molar-refractivity contribution < 1.29 is 19.4 Å². The number of phenols is 1. The number of aromatic hydroxyl groups is 1. The van der Waals surface area contributed by atoms with E-state index >= 15 is 0 Å². The monoisotopic (exact) mass is 420 g/mol. The Bertz CT molecular complexity index is 978. The number of halogens is 1. The van der Waals surface area contributed by atoms with Crippen LogP contribution in [0.3, 0.4) is 0 Å². The van der Waals surface area contributed by atoms with Gasteiger partial charge in [-0.1, -0.05) is 35.5 Å². The molecular weight excluding hydrogens is 408 g/mol.